The number of hydrogen-bond donors (Lipinski definition) is 1. The zero-order chi connectivity index (χ0) is 32.0. The highest BCUT2D eigenvalue weighted by atomic mass is 16.6. The maximum absolute atomic E-state index is 13.6. The fourth-order valence-electron chi connectivity index (χ4n) is 8.66. The summed E-state index contributed by atoms with van der Waals surface area (Å²) in [6.07, 6.45) is 10.7. The number of allylic oxidation sites excluding steroid dienone is 3. The summed E-state index contributed by atoms with van der Waals surface area (Å²) in [6.45, 7) is 8.91. The molecule has 1 spiro atoms. The van der Waals surface area contributed by atoms with Crippen molar-refractivity contribution >= 4 is 18.0 Å². The van der Waals surface area contributed by atoms with Gasteiger partial charge < -0.3 is 33.7 Å². The van der Waals surface area contributed by atoms with Gasteiger partial charge in [0.05, 0.1) is 6.10 Å². The van der Waals surface area contributed by atoms with Gasteiger partial charge in [-0.3, -0.25) is 0 Å². The van der Waals surface area contributed by atoms with E-state index in [1.165, 1.54) is 7.11 Å². The van der Waals surface area contributed by atoms with E-state index >= 15 is 0 Å². The minimum absolute atomic E-state index is 0.185. The monoisotopic (exact) mass is 625 g/mol. The number of methoxy groups -OCH3 is 1. The average Bonchev–Trinajstić information content (AvgIpc) is 3.64. The van der Waals surface area contributed by atoms with Crippen molar-refractivity contribution in [2.45, 2.75) is 102 Å². The molecule has 1 saturated carbocycles. The Balaban J connectivity index is 1.32. The highest BCUT2D eigenvalue weighted by molar-refractivity contribution is 5.90. The Morgan fingerprint density at radius 1 is 1.16 bits per heavy atom. The molecule has 12 atom stereocenters. The normalized spacial score (nSPS) is 42.5. The van der Waals surface area contributed by atoms with Crippen LogP contribution in [0.25, 0.3) is 0 Å². The zero-order valence-corrected chi connectivity index (χ0v) is 26.9. The number of aliphatic hydroxyl groups is 1. The van der Waals surface area contributed by atoms with E-state index in [4.69, 9.17) is 23.7 Å². The number of likely N-dealkylation sites (tertiary alicyclic amines) is 1. The molecule has 6 aliphatic rings. The summed E-state index contributed by atoms with van der Waals surface area (Å²) in [5.74, 6) is -2.47. The van der Waals surface area contributed by atoms with Gasteiger partial charge in [-0.15, -0.1) is 0 Å². The molecule has 3 aliphatic heterocycles. The summed E-state index contributed by atoms with van der Waals surface area (Å²) in [5.41, 5.74) is 0.515. The molecule has 45 heavy (non-hydrogen) atoms. The summed E-state index contributed by atoms with van der Waals surface area (Å²) in [6, 6.07) is 0. The number of piperidine rings is 1. The van der Waals surface area contributed by atoms with Crippen molar-refractivity contribution in [3.63, 3.8) is 0 Å². The molecule has 6 rings (SSSR count). The Kier molecular flexibility index (Phi) is 9.02. The van der Waals surface area contributed by atoms with Gasteiger partial charge in [0, 0.05) is 55.4 Å². The molecule has 10 heteroatoms. The van der Waals surface area contributed by atoms with Crippen molar-refractivity contribution in [2.24, 2.45) is 29.6 Å². The second kappa shape index (κ2) is 12.7. The van der Waals surface area contributed by atoms with Crippen LogP contribution in [0, 0.1) is 29.6 Å². The SMILES string of the molecule is CO[C@H]1C[C@H]2C=C[C@H]3[C@H]4O[C@]2(/C(C)=C/[C@@H](C)[C@@H]([C@@H](C)OC(=O)N2CCCCC2)OC1=O)[C@@H]3[C@H](O)[C@@H](C)[C@H]4OC(=O)C1=CC=CC1. The number of esters is 2. The lowest BCUT2D eigenvalue weighted by Gasteiger charge is -2.49. The first-order chi connectivity index (χ1) is 21.6. The lowest BCUT2D eigenvalue weighted by molar-refractivity contribution is -0.173. The Morgan fingerprint density at radius 2 is 1.91 bits per heavy atom. The van der Waals surface area contributed by atoms with E-state index in [2.05, 4.69) is 12.2 Å². The molecule has 0 radical (unpaired) electrons. The molecule has 3 aliphatic carbocycles. The standard InChI is InChI=1S/C35H47NO9/c1-19-17-20(2)35-24(18-26(41-5)33(39)43-29(19)22(4)42-34(40)36-15-9-6-10-16-36)13-14-25-27(35)28(37)21(3)30(31(25)45-35)44-32(38)23-11-7-8-12-23/h7-8,11,13-14,17,19,21-22,24-31,37H,6,9-10,12,15-16,18H2,1-5H3/b20-17+/t19-,21-,22-,24-,25-,26+,27+,28-,29+,30-,31-,35+/m1/s1. The van der Waals surface area contributed by atoms with Gasteiger partial charge in [0.1, 0.15) is 30.0 Å². The fourth-order valence-corrected chi connectivity index (χ4v) is 8.66. The van der Waals surface area contributed by atoms with E-state index in [1.54, 1.807) is 17.9 Å². The topological polar surface area (TPSA) is 121 Å². The molecule has 2 saturated heterocycles. The van der Waals surface area contributed by atoms with Gasteiger partial charge in [-0.05, 0) is 51.5 Å². The van der Waals surface area contributed by atoms with E-state index in [0.717, 1.165) is 24.8 Å². The molecule has 0 unspecified atom stereocenters. The maximum atomic E-state index is 13.6. The first-order valence-corrected chi connectivity index (χ1v) is 16.6. The number of cyclic esters (lactones) is 1. The van der Waals surface area contributed by atoms with Crippen molar-refractivity contribution in [2.75, 3.05) is 20.2 Å². The lowest BCUT2D eigenvalue weighted by atomic mass is 9.57. The number of amides is 1. The Morgan fingerprint density at radius 3 is 2.60 bits per heavy atom. The second-order valence-corrected chi connectivity index (χ2v) is 13.7. The molecule has 3 heterocycles. The molecular weight excluding hydrogens is 578 g/mol. The molecule has 246 valence electrons. The number of aliphatic hydroxyl groups excluding tert-OH is 1. The molecule has 1 amide bonds. The van der Waals surface area contributed by atoms with Crippen molar-refractivity contribution < 1.29 is 43.2 Å². The minimum Gasteiger partial charge on any atom is -0.456 e. The van der Waals surface area contributed by atoms with Gasteiger partial charge in [-0.25, -0.2) is 14.4 Å². The lowest BCUT2D eigenvalue weighted by Crippen LogP contribution is -2.57. The van der Waals surface area contributed by atoms with Crippen molar-refractivity contribution in [3.8, 4) is 0 Å². The van der Waals surface area contributed by atoms with Gasteiger partial charge >= 0.3 is 18.0 Å². The smallest absolute Gasteiger partial charge is 0.410 e. The third-order valence-corrected chi connectivity index (χ3v) is 11.0. The van der Waals surface area contributed by atoms with E-state index in [0.29, 0.717) is 25.1 Å². The van der Waals surface area contributed by atoms with Crippen LogP contribution in [0.3, 0.4) is 0 Å². The van der Waals surface area contributed by atoms with Crippen LogP contribution in [-0.4, -0.2) is 90.5 Å². The van der Waals surface area contributed by atoms with Crippen LogP contribution < -0.4 is 0 Å². The summed E-state index contributed by atoms with van der Waals surface area (Å²) >= 11 is 0. The predicted molar refractivity (Wildman–Crippen MR) is 164 cm³/mol. The summed E-state index contributed by atoms with van der Waals surface area (Å²) in [7, 11) is 1.48. The van der Waals surface area contributed by atoms with Gasteiger partial charge in [0.2, 0.25) is 0 Å². The first-order valence-electron chi connectivity index (χ1n) is 16.6. The first kappa shape index (κ1) is 32.0. The van der Waals surface area contributed by atoms with Gasteiger partial charge in [0.25, 0.3) is 0 Å². The molecule has 0 aromatic rings. The van der Waals surface area contributed by atoms with Crippen LogP contribution in [0.5, 0.6) is 0 Å². The number of carbonyl (C=O) groups is 3. The molecule has 0 aromatic heterocycles. The summed E-state index contributed by atoms with van der Waals surface area (Å²) in [4.78, 5) is 41.4. The van der Waals surface area contributed by atoms with E-state index in [9.17, 15) is 19.5 Å². The highest BCUT2D eigenvalue weighted by Crippen LogP contribution is 2.61. The summed E-state index contributed by atoms with van der Waals surface area (Å²) in [5, 5.41) is 11.9. The van der Waals surface area contributed by atoms with Crippen LogP contribution in [0.4, 0.5) is 4.79 Å². The van der Waals surface area contributed by atoms with Gasteiger partial charge in [0.15, 0.2) is 6.10 Å². The van der Waals surface area contributed by atoms with Gasteiger partial charge in [-0.1, -0.05) is 50.3 Å². The number of nitrogens with zero attached hydrogens (tertiary/aromatic N) is 1. The molecule has 4 bridgehead atoms. The summed E-state index contributed by atoms with van der Waals surface area (Å²) < 4.78 is 30.8. The third kappa shape index (κ3) is 5.57. The quantitative estimate of drug-likeness (QED) is 0.271. The Bertz CT molecular complexity index is 1300. The second-order valence-electron chi connectivity index (χ2n) is 13.7. The van der Waals surface area contributed by atoms with Crippen LogP contribution >= 0.6 is 0 Å². The van der Waals surface area contributed by atoms with Crippen molar-refractivity contribution in [3.05, 3.63) is 47.6 Å². The van der Waals surface area contributed by atoms with E-state index in [1.807, 2.05) is 39.0 Å². The molecule has 3 fully saturated rings. The largest absolute Gasteiger partial charge is 0.456 e. The number of carbonyl (C=O) groups excluding carboxylic acids is 3. The molecule has 10 nitrogen and oxygen atoms in total. The van der Waals surface area contributed by atoms with E-state index < -0.39 is 60.3 Å². The average molecular weight is 626 g/mol. The van der Waals surface area contributed by atoms with Crippen molar-refractivity contribution in [1.82, 2.24) is 4.90 Å². The maximum Gasteiger partial charge on any atom is 0.410 e. The number of hydrogen-bond acceptors (Lipinski definition) is 9. The van der Waals surface area contributed by atoms with Crippen molar-refractivity contribution in [1.29, 1.82) is 0 Å². The number of rotatable bonds is 5. The fraction of sp³-hybridized carbons (Fsp3) is 0.686. The van der Waals surface area contributed by atoms with Crippen LogP contribution in [0.1, 0.15) is 59.8 Å². The van der Waals surface area contributed by atoms with Crippen LogP contribution in [0.2, 0.25) is 0 Å². The van der Waals surface area contributed by atoms with Gasteiger partial charge in [-0.2, -0.15) is 0 Å². The van der Waals surface area contributed by atoms with Crippen LogP contribution in [0.15, 0.2) is 47.6 Å². The molecular formula is C35H47NO9. The van der Waals surface area contributed by atoms with E-state index in [-0.39, 0.29) is 36.0 Å². The number of ether oxygens (including phenoxy) is 5. The Labute approximate surface area is 265 Å². The highest BCUT2D eigenvalue weighted by Gasteiger charge is 2.69. The third-order valence-electron chi connectivity index (χ3n) is 11.0. The minimum atomic E-state index is -0.964. The molecule has 0 aromatic carbocycles. The Hall–Kier alpha value is -2.95. The predicted octanol–water partition coefficient (Wildman–Crippen LogP) is 4.28. The zero-order valence-electron chi connectivity index (χ0n) is 26.9. The van der Waals surface area contributed by atoms with Crippen LogP contribution in [-0.2, 0) is 33.3 Å². The molecule has 1 N–H and O–H groups in total.